The van der Waals surface area contributed by atoms with Gasteiger partial charge in [0, 0.05) is 13.1 Å². The molecule has 3 atom stereocenters. The van der Waals surface area contributed by atoms with Crippen molar-refractivity contribution in [3.05, 3.63) is 0 Å². The van der Waals surface area contributed by atoms with E-state index in [0.29, 0.717) is 26.3 Å². The van der Waals surface area contributed by atoms with Gasteiger partial charge in [-0.1, -0.05) is 0 Å². The summed E-state index contributed by atoms with van der Waals surface area (Å²) in [4.78, 5) is 26.5. The highest BCUT2D eigenvalue weighted by molar-refractivity contribution is 7.86. The molecule has 1 amide bonds. The van der Waals surface area contributed by atoms with Crippen molar-refractivity contribution in [2.45, 2.75) is 25.9 Å². The Labute approximate surface area is 136 Å². The van der Waals surface area contributed by atoms with Crippen molar-refractivity contribution in [2.24, 2.45) is 11.8 Å². The van der Waals surface area contributed by atoms with Crippen LogP contribution in [-0.4, -0.2) is 70.5 Å². The van der Waals surface area contributed by atoms with Gasteiger partial charge in [0.2, 0.25) is 5.91 Å². The van der Waals surface area contributed by atoms with Gasteiger partial charge < -0.3 is 14.4 Å². The molecule has 0 aromatic carbocycles. The fourth-order valence-corrected chi connectivity index (χ4v) is 3.77. The van der Waals surface area contributed by atoms with Crippen LogP contribution in [0.1, 0.15) is 19.8 Å². The van der Waals surface area contributed by atoms with Crippen LogP contribution in [-0.2, 0) is 33.4 Å². The predicted octanol–water partition coefficient (Wildman–Crippen LogP) is -0.221. The summed E-state index contributed by atoms with van der Waals surface area (Å²) in [5.41, 5.74) is 0. The molecule has 3 unspecified atom stereocenters. The first-order valence-corrected chi connectivity index (χ1v) is 9.55. The molecule has 1 saturated carbocycles. The summed E-state index contributed by atoms with van der Waals surface area (Å²) < 4.78 is 37.9. The Hall–Kier alpha value is -1.19. The van der Waals surface area contributed by atoms with E-state index in [1.807, 2.05) is 0 Å². The van der Waals surface area contributed by atoms with Crippen LogP contribution < -0.4 is 0 Å². The van der Waals surface area contributed by atoms with Crippen molar-refractivity contribution in [2.75, 3.05) is 39.2 Å². The number of carbonyl (C=O) groups excluding carboxylic acids is 2. The van der Waals surface area contributed by atoms with Crippen LogP contribution >= 0.6 is 0 Å². The molecule has 23 heavy (non-hydrogen) atoms. The molecular weight excluding hydrogens is 326 g/mol. The Balaban J connectivity index is 2.11. The van der Waals surface area contributed by atoms with Gasteiger partial charge in [-0.25, -0.2) is 0 Å². The topological polar surface area (TPSA) is 99.2 Å². The molecule has 0 radical (unpaired) electrons. The Bertz CT molecular complexity index is 541. The first kappa shape index (κ1) is 18.2. The lowest BCUT2D eigenvalue weighted by Gasteiger charge is -2.30. The van der Waals surface area contributed by atoms with E-state index in [-0.39, 0.29) is 25.4 Å². The van der Waals surface area contributed by atoms with Gasteiger partial charge in [-0.15, -0.1) is 0 Å². The second-order valence-corrected chi connectivity index (χ2v) is 7.40. The van der Waals surface area contributed by atoms with Crippen molar-refractivity contribution in [1.82, 2.24) is 4.90 Å². The maximum atomic E-state index is 12.7. The number of rotatable bonds is 5. The summed E-state index contributed by atoms with van der Waals surface area (Å²) in [7, 11) is -3.64. The number of nitrogens with zero attached hydrogens (tertiary/aromatic N) is 1. The zero-order chi connectivity index (χ0) is 17.0. The van der Waals surface area contributed by atoms with E-state index < -0.39 is 34.0 Å². The van der Waals surface area contributed by atoms with E-state index in [4.69, 9.17) is 13.7 Å². The molecule has 2 rings (SSSR count). The predicted molar refractivity (Wildman–Crippen MR) is 80.0 cm³/mol. The summed E-state index contributed by atoms with van der Waals surface area (Å²) in [6.07, 6.45) is 0.664. The zero-order valence-corrected chi connectivity index (χ0v) is 14.2. The molecule has 0 spiro atoms. The van der Waals surface area contributed by atoms with E-state index in [9.17, 15) is 18.0 Å². The largest absolute Gasteiger partial charge is 0.466 e. The SMILES string of the molecule is CCOC(=O)C1CC(OS(C)(=O)=O)CC1C(=O)N1CCOCC1. The molecule has 8 nitrogen and oxygen atoms in total. The molecule has 0 aromatic rings. The average Bonchev–Trinajstić information content (AvgIpc) is 2.89. The molecule has 0 bridgehead atoms. The summed E-state index contributed by atoms with van der Waals surface area (Å²) >= 11 is 0. The van der Waals surface area contributed by atoms with Crippen LogP contribution in [0.2, 0.25) is 0 Å². The number of hydrogen-bond donors (Lipinski definition) is 0. The molecule has 0 aromatic heterocycles. The van der Waals surface area contributed by atoms with Gasteiger partial charge >= 0.3 is 5.97 Å². The first-order chi connectivity index (χ1) is 10.8. The fourth-order valence-electron chi connectivity index (χ4n) is 3.12. The van der Waals surface area contributed by atoms with Crippen LogP contribution in [0.15, 0.2) is 0 Å². The van der Waals surface area contributed by atoms with Crippen LogP contribution in [0.25, 0.3) is 0 Å². The van der Waals surface area contributed by atoms with Gasteiger partial charge in [-0.2, -0.15) is 8.42 Å². The molecular formula is C14H23NO7S. The molecule has 1 aliphatic heterocycles. The van der Waals surface area contributed by atoms with E-state index in [1.165, 1.54) is 0 Å². The maximum absolute atomic E-state index is 12.7. The minimum Gasteiger partial charge on any atom is -0.466 e. The number of hydrogen-bond acceptors (Lipinski definition) is 7. The lowest BCUT2D eigenvalue weighted by Crippen LogP contribution is -2.45. The standard InChI is InChI=1S/C14H23NO7S/c1-3-21-14(17)12-9-10(22-23(2,18)19)8-11(12)13(16)15-4-6-20-7-5-15/h10-12H,3-9H2,1-2H3. The number of esters is 1. The lowest BCUT2D eigenvalue weighted by molar-refractivity contribution is -0.154. The normalized spacial score (nSPS) is 28.6. The second kappa shape index (κ2) is 7.59. The Morgan fingerprint density at radius 3 is 2.35 bits per heavy atom. The second-order valence-electron chi connectivity index (χ2n) is 5.80. The van der Waals surface area contributed by atoms with Crippen molar-refractivity contribution >= 4 is 22.0 Å². The van der Waals surface area contributed by atoms with Crippen LogP contribution in [0, 0.1) is 11.8 Å². The van der Waals surface area contributed by atoms with Crippen LogP contribution in [0.3, 0.4) is 0 Å². The van der Waals surface area contributed by atoms with Crippen molar-refractivity contribution < 1.29 is 31.7 Å². The molecule has 2 fully saturated rings. The molecule has 132 valence electrons. The Morgan fingerprint density at radius 2 is 1.78 bits per heavy atom. The van der Waals surface area contributed by atoms with Gasteiger partial charge in [0.1, 0.15) is 0 Å². The highest BCUT2D eigenvalue weighted by Gasteiger charge is 2.46. The van der Waals surface area contributed by atoms with Gasteiger partial charge in [0.15, 0.2) is 0 Å². The maximum Gasteiger partial charge on any atom is 0.309 e. The Morgan fingerprint density at radius 1 is 1.17 bits per heavy atom. The third-order valence-electron chi connectivity index (χ3n) is 4.06. The first-order valence-electron chi connectivity index (χ1n) is 7.73. The summed E-state index contributed by atoms with van der Waals surface area (Å²) in [6.45, 7) is 3.78. The highest BCUT2D eigenvalue weighted by Crippen LogP contribution is 2.37. The minimum atomic E-state index is -3.64. The molecule has 1 saturated heterocycles. The molecule has 0 N–H and O–H groups in total. The fraction of sp³-hybridized carbons (Fsp3) is 0.857. The molecule has 1 heterocycles. The smallest absolute Gasteiger partial charge is 0.309 e. The van der Waals surface area contributed by atoms with Crippen molar-refractivity contribution in [3.8, 4) is 0 Å². The molecule has 9 heteroatoms. The number of amides is 1. The van der Waals surface area contributed by atoms with Crippen molar-refractivity contribution in [1.29, 1.82) is 0 Å². The number of ether oxygens (including phenoxy) is 2. The number of morpholine rings is 1. The van der Waals surface area contributed by atoms with Gasteiger partial charge in [0.25, 0.3) is 10.1 Å². The highest BCUT2D eigenvalue weighted by atomic mass is 32.2. The van der Waals surface area contributed by atoms with E-state index in [0.717, 1.165) is 6.26 Å². The average molecular weight is 349 g/mol. The minimum absolute atomic E-state index is 0.161. The molecule has 2 aliphatic rings. The number of carbonyl (C=O) groups is 2. The Kier molecular flexibility index (Phi) is 5.99. The van der Waals surface area contributed by atoms with E-state index in [2.05, 4.69) is 0 Å². The molecule has 1 aliphatic carbocycles. The summed E-state index contributed by atoms with van der Waals surface area (Å²) in [5, 5.41) is 0. The van der Waals surface area contributed by atoms with Crippen molar-refractivity contribution in [3.63, 3.8) is 0 Å². The third kappa shape index (κ3) is 4.89. The lowest BCUT2D eigenvalue weighted by atomic mass is 9.94. The quantitative estimate of drug-likeness (QED) is 0.500. The zero-order valence-electron chi connectivity index (χ0n) is 13.4. The van der Waals surface area contributed by atoms with Crippen LogP contribution in [0.5, 0.6) is 0 Å². The summed E-state index contributed by atoms with van der Waals surface area (Å²) in [5.74, 6) is -1.92. The van der Waals surface area contributed by atoms with Gasteiger partial charge in [0.05, 0.1) is 44.0 Å². The monoisotopic (exact) mass is 349 g/mol. The third-order valence-corrected chi connectivity index (χ3v) is 4.68. The van der Waals surface area contributed by atoms with E-state index >= 15 is 0 Å². The van der Waals surface area contributed by atoms with Gasteiger partial charge in [-0.3, -0.25) is 13.8 Å². The van der Waals surface area contributed by atoms with Crippen LogP contribution in [0.4, 0.5) is 0 Å². The van der Waals surface area contributed by atoms with Gasteiger partial charge in [-0.05, 0) is 19.8 Å². The van der Waals surface area contributed by atoms with E-state index in [1.54, 1.807) is 11.8 Å². The summed E-state index contributed by atoms with van der Waals surface area (Å²) in [6, 6.07) is 0.